The number of urea groups is 1. The van der Waals surface area contributed by atoms with Gasteiger partial charge in [0.25, 0.3) is 0 Å². The zero-order valence-corrected chi connectivity index (χ0v) is 11.7. The number of amides is 2. The highest BCUT2D eigenvalue weighted by atomic mass is 35.5. The van der Waals surface area contributed by atoms with Gasteiger partial charge in [0.05, 0.1) is 17.3 Å². The first kappa shape index (κ1) is 13.5. The summed E-state index contributed by atoms with van der Waals surface area (Å²) in [6.45, 7) is 0.271. The highest BCUT2D eigenvalue weighted by Crippen LogP contribution is 2.20. The second-order valence-corrected chi connectivity index (χ2v) is 4.82. The number of nitrogens with one attached hydrogen (secondary N) is 2. The van der Waals surface area contributed by atoms with Crippen molar-refractivity contribution in [2.24, 2.45) is 0 Å². The molecule has 3 rings (SSSR count). The Morgan fingerprint density at radius 3 is 2.76 bits per heavy atom. The molecule has 0 atom stereocenters. The predicted molar refractivity (Wildman–Crippen MR) is 81.3 cm³/mol. The van der Waals surface area contributed by atoms with Crippen molar-refractivity contribution in [2.45, 2.75) is 6.54 Å². The van der Waals surface area contributed by atoms with E-state index in [0.717, 1.165) is 5.39 Å². The Bertz CT molecular complexity index is 785. The van der Waals surface area contributed by atoms with Gasteiger partial charge >= 0.3 is 6.03 Å². The van der Waals surface area contributed by atoms with Crippen molar-refractivity contribution in [1.29, 1.82) is 0 Å². The van der Waals surface area contributed by atoms with Gasteiger partial charge in [-0.3, -0.25) is 0 Å². The summed E-state index contributed by atoms with van der Waals surface area (Å²) in [5.41, 5.74) is 1.93. The van der Waals surface area contributed by atoms with E-state index >= 15 is 0 Å². The smallest absolute Gasteiger partial charge is 0.319 e. The molecule has 21 heavy (non-hydrogen) atoms. The Morgan fingerprint density at radius 2 is 1.90 bits per heavy atom. The lowest BCUT2D eigenvalue weighted by Crippen LogP contribution is -2.28. The zero-order valence-electron chi connectivity index (χ0n) is 11.0. The molecular formula is C15H12ClN3O2. The molecule has 0 bridgehead atoms. The summed E-state index contributed by atoms with van der Waals surface area (Å²) < 4.78 is 5.18. The molecular weight excluding hydrogens is 290 g/mol. The van der Waals surface area contributed by atoms with Crippen LogP contribution in [0.1, 0.15) is 5.69 Å². The quantitative estimate of drug-likeness (QED) is 0.773. The van der Waals surface area contributed by atoms with Crippen LogP contribution in [-0.2, 0) is 6.54 Å². The van der Waals surface area contributed by atoms with Crippen LogP contribution in [0.5, 0.6) is 0 Å². The highest BCUT2D eigenvalue weighted by Gasteiger charge is 2.09. The summed E-state index contributed by atoms with van der Waals surface area (Å²) in [6, 6.07) is 14.2. The summed E-state index contributed by atoms with van der Waals surface area (Å²) in [5, 5.41) is 10.7. The molecule has 0 aliphatic rings. The minimum atomic E-state index is -0.352. The van der Waals surface area contributed by atoms with Crippen LogP contribution in [0.15, 0.2) is 53.1 Å². The molecule has 2 amide bonds. The van der Waals surface area contributed by atoms with Gasteiger partial charge in [-0.1, -0.05) is 41.0 Å². The first-order chi connectivity index (χ1) is 10.2. The van der Waals surface area contributed by atoms with E-state index in [1.807, 2.05) is 24.3 Å². The molecule has 6 heteroatoms. The van der Waals surface area contributed by atoms with Crippen LogP contribution in [0, 0.1) is 0 Å². The lowest BCUT2D eigenvalue weighted by atomic mass is 10.2. The van der Waals surface area contributed by atoms with E-state index in [2.05, 4.69) is 15.8 Å². The van der Waals surface area contributed by atoms with Crippen molar-refractivity contribution in [1.82, 2.24) is 10.5 Å². The molecule has 0 aliphatic heterocycles. The van der Waals surface area contributed by atoms with E-state index in [1.165, 1.54) is 0 Å². The molecule has 0 saturated carbocycles. The molecule has 3 aromatic rings. The number of nitrogens with zero attached hydrogens (tertiary/aromatic N) is 1. The van der Waals surface area contributed by atoms with Crippen molar-refractivity contribution in [3.05, 3.63) is 59.2 Å². The average molecular weight is 302 g/mol. The molecule has 1 heterocycles. The molecule has 2 aromatic carbocycles. The number of para-hydroxylation sites is 2. The van der Waals surface area contributed by atoms with Crippen molar-refractivity contribution in [3.63, 3.8) is 0 Å². The summed E-state index contributed by atoms with van der Waals surface area (Å²) in [4.78, 5) is 11.9. The van der Waals surface area contributed by atoms with Gasteiger partial charge in [0.1, 0.15) is 5.69 Å². The molecule has 5 nitrogen and oxygen atoms in total. The number of rotatable bonds is 3. The third kappa shape index (κ3) is 2.98. The van der Waals surface area contributed by atoms with Gasteiger partial charge in [-0.2, -0.15) is 0 Å². The molecule has 0 aliphatic carbocycles. The van der Waals surface area contributed by atoms with Gasteiger partial charge < -0.3 is 15.2 Å². The van der Waals surface area contributed by atoms with Gasteiger partial charge in [0.2, 0.25) is 0 Å². The lowest BCUT2D eigenvalue weighted by Gasteiger charge is -2.07. The van der Waals surface area contributed by atoms with E-state index in [9.17, 15) is 4.79 Å². The molecule has 0 radical (unpaired) electrons. The van der Waals surface area contributed by atoms with Crippen LogP contribution >= 0.6 is 11.6 Å². The molecule has 2 N–H and O–H groups in total. The standard InChI is InChI=1S/C15H12ClN3O2/c16-11-6-2-3-7-12(11)18-15(20)17-9-13-10-5-1-4-8-14(10)21-19-13/h1-8H,9H2,(H2,17,18,20). The number of fused-ring (bicyclic) bond motifs is 1. The average Bonchev–Trinajstić information content (AvgIpc) is 2.91. The number of carbonyl (C=O) groups excluding carboxylic acids is 1. The fourth-order valence-electron chi connectivity index (χ4n) is 1.96. The van der Waals surface area contributed by atoms with Gasteiger partial charge in [-0.15, -0.1) is 0 Å². The van der Waals surface area contributed by atoms with Crippen LogP contribution < -0.4 is 10.6 Å². The summed E-state index contributed by atoms with van der Waals surface area (Å²) >= 11 is 5.98. The Morgan fingerprint density at radius 1 is 1.14 bits per heavy atom. The fraction of sp³-hybridized carbons (Fsp3) is 0.0667. The maximum absolute atomic E-state index is 11.9. The Kier molecular flexibility index (Phi) is 3.75. The largest absolute Gasteiger partial charge is 0.356 e. The molecule has 106 valence electrons. The van der Waals surface area contributed by atoms with Crippen molar-refractivity contribution in [3.8, 4) is 0 Å². The number of hydrogen-bond donors (Lipinski definition) is 2. The maximum atomic E-state index is 11.9. The van der Waals surface area contributed by atoms with E-state index in [-0.39, 0.29) is 12.6 Å². The van der Waals surface area contributed by atoms with Crippen molar-refractivity contribution >= 4 is 34.3 Å². The second-order valence-electron chi connectivity index (χ2n) is 4.41. The topological polar surface area (TPSA) is 67.2 Å². The molecule has 0 spiro atoms. The molecule has 0 saturated heterocycles. The zero-order chi connectivity index (χ0) is 14.7. The lowest BCUT2D eigenvalue weighted by molar-refractivity contribution is 0.251. The summed E-state index contributed by atoms with van der Waals surface area (Å²) in [5.74, 6) is 0. The van der Waals surface area contributed by atoms with Crippen LogP contribution in [0.4, 0.5) is 10.5 Å². The number of hydrogen-bond acceptors (Lipinski definition) is 3. The van der Waals surface area contributed by atoms with Crippen LogP contribution in [0.2, 0.25) is 5.02 Å². The number of benzene rings is 2. The number of anilines is 1. The first-order valence-corrected chi connectivity index (χ1v) is 6.74. The van der Waals surface area contributed by atoms with Crippen LogP contribution in [0.3, 0.4) is 0 Å². The highest BCUT2D eigenvalue weighted by molar-refractivity contribution is 6.33. The SMILES string of the molecule is O=C(NCc1noc2ccccc12)Nc1ccccc1Cl. The first-order valence-electron chi connectivity index (χ1n) is 6.37. The third-order valence-electron chi connectivity index (χ3n) is 2.99. The molecule has 1 aromatic heterocycles. The van der Waals surface area contributed by atoms with Crippen molar-refractivity contribution < 1.29 is 9.32 Å². The number of carbonyl (C=O) groups is 1. The Labute approximate surface area is 125 Å². The minimum absolute atomic E-state index is 0.271. The van der Waals surface area contributed by atoms with Gasteiger partial charge in [-0.05, 0) is 24.3 Å². The third-order valence-corrected chi connectivity index (χ3v) is 3.32. The van der Waals surface area contributed by atoms with E-state index in [4.69, 9.17) is 16.1 Å². The number of halogens is 1. The molecule has 0 unspecified atom stereocenters. The summed E-state index contributed by atoms with van der Waals surface area (Å²) in [6.07, 6.45) is 0. The Hall–Kier alpha value is -2.53. The van der Waals surface area contributed by atoms with E-state index < -0.39 is 0 Å². The Balaban J connectivity index is 1.65. The normalized spacial score (nSPS) is 10.5. The minimum Gasteiger partial charge on any atom is -0.356 e. The predicted octanol–water partition coefficient (Wildman–Crippen LogP) is 3.80. The van der Waals surface area contributed by atoms with Crippen LogP contribution in [0.25, 0.3) is 11.0 Å². The second kappa shape index (κ2) is 5.85. The summed E-state index contributed by atoms with van der Waals surface area (Å²) in [7, 11) is 0. The maximum Gasteiger partial charge on any atom is 0.319 e. The monoisotopic (exact) mass is 301 g/mol. The van der Waals surface area contributed by atoms with E-state index in [1.54, 1.807) is 24.3 Å². The van der Waals surface area contributed by atoms with Gasteiger partial charge in [-0.25, -0.2) is 4.79 Å². The van der Waals surface area contributed by atoms with Crippen molar-refractivity contribution in [2.75, 3.05) is 5.32 Å². The fourth-order valence-corrected chi connectivity index (χ4v) is 2.14. The molecule has 0 fully saturated rings. The van der Waals surface area contributed by atoms with Gasteiger partial charge in [0, 0.05) is 5.39 Å². The van der Waals surface area contributed by atoms with Gasteiger partial charge in [0.15, 0.2) is 5.58 Å². The number of aromatic nitrogens is 1. The van der Waals surface area contributed by atoms with Crippen LogP contribution in [-0.4, -0.2) is 11.2 Å². The van der Waals surface area contributed by atoms with E-state index in [0.29, 0.717) is 22.0 Å².